The van der Waals surface area contributed by atoms with E-state index in [0.29, 0.717) is 12.5 Å². The van der Waals surface area contributed by atoms with Gasteiger partial charge in [0, 0.05) is 6.54 Å². The van der Waals surface area contributed by atoms with Crippen LogP contribution in [0.15, 0.2) is 30.3 Å². The Morgan fingerprint density at radius 1 is 1.26 bits per heavy atom. The van der Waals surface area contributed by atoms with E-state index in [0.717, 1.165) is 12.5 Å². The molecule has 3 nitrogen and oxygen atoms in total. The maximum absolute atomic E-state index is 12.1. The fourth-order valence-corrected chi connectivity index (χ4v) is 3.45. The monoisotopic (exact) mass is 258 g/mol. The SMILES string of the molecule is CC1CCC(CN2C(=O)CNC2c2ccccc2)C1. The van der Waals surface area contributed by atoms with Gasteiger partial charge in [-0.1, -0.05) is 43.7 Å². The molecule has 0 spiro atoms. The highest BCUT2D eigenvalue weighted by Crippen LogP contribution is 2.33. The van der Waals surface area contributed by atoms with E-state index in [9.17, 15) is 4.79 Å². The summed E-state index contributed by atoms with van der Waals surface area (Å²) in [5, 5.41) is 3.33. The van der Waals surface area contributed by atoms with Gasteiger partial charge in [0.2, 0.25) is 5.91 Å². The molecule has 1 N–H and O–H groups in total. The predicted molar refractivity (Wildman–Crippen MR) is 75.4 cm³/mol. The van der Waals surface area contributed by atoms with Crippen LogP contribution in [-0.2, 0) is 4.79 Å². The number of carbonyl (C=O) groups excluding carboxylic acids is 1. The second kappa shape index (κ2) is 5.33. The van der Waals surface area contributed by atoms with Gasteiger partial charge in [-0.05, 0) is 30.2 Å². The van der Waals surface area contributed by atoms with E-state index in [-0.39, 0.29) is 12.1 Å². The number of nitrogens with zero attached hydrogens (tertiary/aromatic N) is 1. The zero-order valence-corrected chi connectivity index (χ0v) is 11.5. The van der Waals surface area contributed by atoms with E-state index in [1.807, 2.05) is 23.1 Å². The first-order valence-corrected chi connectivity index (χ1v) is 7.32. The second-order valence-electron chi connectivity index (χ2n) is 6.02. The average Bonchev–Trinajstić information content (AvgIpc) is 2.99. The van der Waals surface area contributed by atoms with Crippen molar-refractivity contribution >= 4 is 5.91 Å². The summed E-state index contributed by atoms with van der Waals surface area (Å²) in [6, 6.07) is 10.3. The van der Waals surface area contributed by atoms with Gasteiger partial charge in [-0.3, -0.25) is 10.1 Å². The number of nitrogens with one attached hydrogen (secondary N) is 1. The van der Waals surface area contributed by atoms with E-state index in [1.54, 1.807) is 0 Å². The zero-order chi connectivity index (χ0) is 13.2. The summed E-state index contributed by atoms with van der Waals surface area (Å²) in [6.07, 6.45) is 3.93. The molecule has 1 heterocycles. The third kappa shape index (κ3) is 2.66. The van der Waals surface area contributed by atoms with Crippen LogP contribution in [0.4, 0.5) is 0 Å². The lowest BCUT2D eigenvalue weighted by Crippen LogP contribution is -2.34. The number of rotatable bonds is 3. The number of benzene rings is 1. The van der Waals surface area contributed by atoms with Crippen LogP contribution in [0.3, 0.4) is 0 Å². The fraction of sp³-hybridized carbons (Fsp3) is 0.562. The number of carbonyl (C=O) groups is 1. The minimum absolute atomic E-state index is 0.0737. The largest absolute Gasteiger partial charge is 0.322 e. The molecular formula is C16H22N2O. The molecule has 0 bridgehead atoms. The Balaban J connectivity index is 1.72. The van der Waals surface area contributed by atoms with Crippen LogP contribution in [0, 0.1) is 11.8 Å². The molecule has 3 heteroatoms. The van der Waals surface area contributed by atoms with Crippen LogP contribution in [0.2, 0.25) is 0 Å². The molecule has 1 aliphatic heterocycles. The average molecular weight is 258 g/mol. The van der Waals surface area contributed by atoms with Gasteiger partial charge in [0.1, 0.15) is 6.17 Å². The van der Waals surface area contributed by atoms with Crippen molar-refractivity contribution in [2.75, 3.05) is 13.1 Å². The van der Waals surface area contributed by atoms with Gasteiger partial charge in [-0.25, -0.2) is 0 Å². The van der Waals surface area contributed by atoms with Crippen molar-refractivity contribution in [1.82, 2.24) is 10.2 Å². The van der Waals surface area contributed by atoms with E-state index < -0.39 is 0 Å². The summed E-state index contributed by atoms with van der Waals surface area (Å²) < 4.78 is 0. The number of amides is 1. The molecule has 3 unspecified atom stereocenters. The molecule has 0 radical (unpaired) electrons. The Kier molecular flexibility index (Phi) is 3.56. The molecular weight excluding hydrogens is 236 g/mol. The van der Waals surface area contributed by atoms with Gasteiger partial charge in [0.15, 0.2) is 0 Å². The van der Waals surface area contributed by atoms with Crippen molar-refractivity contribution in [3.63, 3.8) is 0 Å². The van der Waals surface area contributed by atoms with E-state index in [4.69, 9.17) is 0 Å². The minimum Gasteiger partial charge on any atom is -0.322 e. The summed E-state index contributed by atoms with van der Waals surface area (Å²) in [5.74, 6) is 1.75. The molecule has 1 aliphatic carbocycles. The lowest BCUT2D eigenvalue weighted by molar-refractivity contribution is -0.128. The molecule has 1 saturated carbocycles. The second-order valence-corrected chi connectivity index (χ2v) is 6.02. The maximum atomic E-state index is 12.1. The van der Waals surface area contributed by atoms with Crippen molar-refractivity contribution in [2.45, 2.75) is 32.4 Å². The summed E-state index contributed by atoms with van der Waals surface area (Å²) in [4.78, 5) is 14.1. The van der Waals surface area contributed by atoms with Gasteiger partial charge < -0.3 is 4.90 Å². The standard InChI is InChI=1S/C16H22N2O/c1-12-7-8-13(9-12)11-18-15(19)10-17-16(18)14-5-3-2-4-6-14/h2-6,12-13,16-17H,7-11H2,1H3. The fourth-order valence-electron chi connectivity index (χ4n) is 3.45. The quantitative estimate of drug-likeness (QED) is 0.903. The Morgan fingerprint density at radius 3 is 2.74 bits per heavy atom. The lowest BCUT2D eigenvalue weighted by atomic mass is 10.0. The van der Waals surface area contributed by atoms with Gasteiger partial charge in [0.05, 0.1) is 6.54 Å². The highest BCUT2D eigenvalue weighted by atomic mass is 16.2. The van der Waals surface area contributed by atoms with Crippen molar-refractivity contribution in [3.8, 4) is 0 Å². The normalized spacial score (nSPS) is 31.1. The molecule has 2 fully saturated rings. The van der Waals surface area contributed by atoms with E-state index in [2.05, 4.69) is 24.4 Å². The number of hydrogen-bond donors (Lipinski definition) is 1. The first-order valence-electron chi connectivity index (χ1n) is 7.32. The van der Waals surface area contributed by atoms with Gasteiger partial charge >= 0.3 is 0 Å². The molecule has 1 saturated heterocycles. The first kappa shape index (κ1) is 12.7. The summed E-state index contributed by atoms with van der Waals surface area (Å²) in [6.45, 7) is 3.70. The molecule has 0 aromatic heterocycles. The van der Waals surface area contributed by atoms with Crippen LogP contribution in [-0.4, -0.2) is 23.9 Å². The van der Waals surface area contributed by atoms with Crippen LogP contribution >= 0.6 is 0 Å². The molecule has 19 heavy (non-hydrogen) atoms. The Labute approximate surface area is 115 Å². The summed E-state index contributed by atoms with van der Waals surface area (Å²) in [7, 11) is 0. The van der Waals surface area contributed by atoms with Crippen LogP contribution < -0.4 is 5.32 Å². The lowest BCUT2D eigenvalue weighted by Gasteiger charge is -2.27. The van der Waals surface area contributed by atoms with Gasteiger partial charge in [0.25, 0.3) is 0 Å². The topological polar surface area (TPSA) is 32.3 Å². The third-order valence-corrected chi connectivity index (χ3v) is 4.45. The molecule has 1 amide bonds. The maximum Gasteiger partial charge on any atom is 0.238 e. The van der Waals surface area contributed by atoms with Crippen LogP contribution in [0.1, 0.15) is 37.9 Å². The highest BCUT2D eigenvalue weighted by molar-refractivity contribution is 5.81. The van der Waals surface area contributed by atoms with Gasteiger partial charge in [-0.2, -0.15) is 0 Å². The zero-order valence-electron chi connectivity index (χ0n) is 11.5. The summed E-state index contributed by atoms with van der Waals surface area (Å²) >= 11 is 0. The van der Waals surface area contributed by atoms with Crippen LogP contribution in [0.25, 0.3) is 0 Å². The predicted octanol–water partition coefficient (Wildman–Crippen LogP) is 2.55. The molecule has 1 aromatic rings. The summed E-state index contributed by atoms with van der Waals surface area (Å²) in [5.41, 5.74) is 1.19. The minimum atomic E-state index is 0.0737. The first-order chi connectivity index (χ1) is 9.24. The Bertz CT molecular complexity index is 445. The molecule has 102 valence electrons. The third-order valence-electron chi connectivity index (χ3n) is 4.45. The molecule has 1 aromatic carbocycles. The van der Waals surface area contributed by atoms with Crippen molar-refractivity contribution in [1.29, 1.82) is 0 Å². The molecule has 3 rings (SSSR count). The van der Waals surface area contributed by atoms with Crippen molar-refractivity contribution in [3.05, 3.63) is 35.9 Å². The highest BCUT2D eigenvalue weighted by Gasteiger charge is 2.34. The van der Waals surface area contributed by atoms with Crippen molar-refractivity contribution in [2.24, 2.45) is 11.8 Å². The molecule has 3 atom stereocenters. The van der Waals surface area contributed by atoms with Gasteiger partial charge in [-0.15, -0.1) is 0 Å². The number of hydrogen-bond acceptors (Lipinski definition) is 2. The van der Waals surface area contributed by atoms with Crippen molar-refractivity contribution < 1.29 is 4.79 Å². The van der Waals surface area contributed by atoms with E-state index >= 15 is 0 Å². The molecule has 2 aliphatic rings. The Morgan fingerprint density at radius 2 is 2.05 bits per heavy atom. The Hall–Kier alpha value is -1.35. The van der Waals surface area contributed by atoms with Crippen LogP contribution in [0.5, 0.6) is 0 Å². The van der Waals surface area contributed by atoms with E-state index in [1.165, 1.54) is 24.8 Å². The smallest absolute Gasteiger partial charge is 0.238 e.